The standard InChI is InChI=1S/C15H32N2O/c1-12(2)15(11-18-5)17(13(3)4)10-14-8-6-7-9-16-14/h12-16H,6-11H2,1-5H3. The lowest BCUT2D eigenvalue weighted by atomic mass is 9.98. The molecule has 3 nitrogen and oxygen atoms in total. The lowest BCUT2D eigenvalue weighted by molar-refractivity contribution is 0.0364. The average Bonchev–Trinajstić information content (AvgIpc) is 2.34. The Kier molecular flexibility index (Phi) is 7.20. The van der Waals surface area contributed by atoms with E-state index >= 15 is 0 Å². The van der Waals surface area contributed by atoms with E-state index in [0.29, 0.717) is 24.0 Å². The Bertz CT molecular complexity index is 213. The van der Waals surface area contributed by atoms with Crippen molar-refractivity contribution in [3.63, 3.8) is 0 Å². The number of piperidine rings is 1. The van der Waals surface area contributed by atoms with Crippen LogP contribution < -0.4 is 5.32 Å². The molecule has 0 aromatic rings. The minimum Gasteiger partial charge on any atom is -0.383 e. The van der Waals surface area contributed by atoms with Crippen molar-refractivity contribution >= 4 is 0 Å². The van der Waals surface area contributed by atoms with Crippen molar-refractivity contribution in [1.29, 1.82) is 0 Å². The molecule has 1 saturated heterocycles. The highest BCUT2D eigenvalue weighted by molar-refractivity contribution is 4.83. The monoisotopic (exact) mass is 256 g/mol. The number of methoxy groups -OCH3 is 1. The van der Waals surface area contributed by atoms with Crippen LogP contribution in [-0.4, -0.2) is 49.8 Å². The molecule has 0 aliphatic carbocycles. The number of ether oxygens (including phenoxy) is 1. The van der Waals surface area contributed by atoms with Gasteiger partial charge in [0.25, 0.3) is 0 Å². The molecule has 0 aromatic heterocycles. The van der Waals surface area contributed by atoms with Crippen LogP contribution in [0.5, 0.6) is 0 Å². The Balaban J connectivity index is 2.60. The maximum atomic E-state index is 5.42. The highest BCUT2D eigenvalue weighted by atomic mass is 16.5. The van der Waals surface area contributed by atoms with Crippen molar-refractivity contribution in [3.8, 4) is 0 Å². The van der Waals surface area contributed by atoms with Gasteiger partial charge < -0.3 is 10.1 Å². The topological polar surface area (TPSA) is 24.5 Å². The van der Waals surface area contributed by atoms with Crippen molar-refractivity contribution in [2.75, 3.05) is 26.8 Å². The summed E-state index contributed by atoms with van der Waals surface area (Å²) in [5, 5.41) is 3.66. The highest BCUT2D eigenvalue weighted by Gasteiger charge is 2.27. The zero-order chi connectivity index (χ0) is 13.5. The molecule has 1 N–H and O–H groups in total. The van der Waals surface area contributed by atoms with Gasteiger partial charge in [-0.15, -0.1) is 0 Å². The predicted octanol–water partition coefficient (Wildman–Crippen LogP) is 2.51. The molecule has 0 saturated carbocycles. The van der Waals surface area contributed by atoms with E-state index in [9.17, 15) is 0 Å². The molecular formula is C15H32N2O. The number of rotatable bonds is 7. The maximum absolute atomic E-state index is 5.42. The van der Waals surface area contributed by atoms with Crippen LogP contribution in [0, 0.1) is 5.92 Å². The third kappa shape index (κ3) is 4.87. The smallest absolute Gasteiger partial charge is 0.0620 e. The van der Waals surface area contributed by atoms with Crippen LogP contribution >= 0.6 is 0 Å². The predicted molar refractivity (Wildman–Crippen MR) is 78.0 cm³/mol. The number of hydrogen-bond acceptors (Lipinski definition) is 3. The van der Waals surface area contributed by atoms with Gasteiger partial charge in [-0.05, 0) is 39.2 Å². The van der Waals surface area contributed by atoms with Gasteiger partial charge in [0.2, 0.25) is 0 Å². The Labute approximate surface area is 113 Å². The van der Waals surface area contributed by atoms with Gasteiger partial charge in [0.15, 0.2) is 0 Å². The summed E-state index contributed by atoms with van der Waals surface area (Å²) in [4.78, 5) is 2.62. The van der Waals surface area contributed by atoms with E-state index in [1.165, 1.54) is 25.8 Å². The Hall–Kier alpha value is -0.120. The van der Waals surface area contributed by atoms with Crippen molar-refractivity contribution in [2.24, 2.45) is 5.92 Å². The first-order valence-corrected chi connectivity index (χ1v) is 7.54. The second-order valence-electron chi connectivity index (χ2n) is 6.20. The molecule has 1 fully saturated rings. The molecule has 0 radical (unpaired) electrons. The lowest BCUT2D eigenvalue weighted by Crippen LogP contribution is -2.52. The first-order valence-electron chi connectivity index (χ1n) is 7.54. The number of hydrogen-bond donors (Lipinski definition) is 1. The summed E-state index contributed by atoms with van der Waals surface area (Å²) < 4.78 is 5.42. The molecule has 1 aliphatic rings. The molecule has 18 heavy (non-hydrogen) atoms. The molecule has 0 spiro atoms. The van der Waals surface area contributed by atoms with Crippen molar-refractivity contribution in [3.05, 3.63) is 0 Å². The third-order valence-corrected chi connectivity index (χ3v) is 4.04. The first kappa shape index (κ1) is 15.9. The van der Waals surface area contributed by atoms with E-state index in [4.69, 9.17) is 4.74 Å². The molecular weight excluding hydrogens is 224 g/mol. The summed E-state index contributed by atoms with van der Waals surface area (Å²) in [7, 11) is 1.81. The van der Waals surface area contributed by atoms with E-state index in [1.54, 1.807) is 0 Å². The highest BCUT2D eigenvalue weighted by Crippen LogP contribution is 2.18. The minimum absolute atomic E-state index is 0.527. The maximum Gasteiger partial charge on any atom is 0.0620 e. The van der Waals surface area contributed by atoms with Gasteiger partial charge in [0.05, 0.1) is 6.61 Å². The zero-order valence-corrected chi connectivity index (χ0v) is 12.9. The molecule has 1 rings (SSSR count). The normalized spacial score (nSPS) is 23.0. The number of nitrogens with zero attached hydrogens (tertiary/aromatic N) is 1. The Morgan fingerprint density at radius 1 is 1.22 bits per heavy atom. The SMILES string of the molecule is COCC(C(C)C)N(CC1CCCCN1)C(C)C. The van der Waals surface area contributed by atoms with Crippen molar-refractivity contribution < 1.29 is 4.74 Å². The number of nitrogens with one attached hydrogen (secondary N) is 1. The van der Waals surface area contributed by atoms with Crippen molar-refractivity contribution in [1.82, 2.24) is 10.2 Å². The molecule has 3 heteroatoms. The van der Waals surface area contributed by atoms with Crippen LogP contribution in [0.3, 0.4) is 0 Å². The molecule has 0 amide bonds. The van der Waals surface area contributed by atoms with Gasteiger partial charge in [-0.2, -0.15) is 0 Å². The van der Waals surface area contributed by atoms with Crippen LogP contribution in [0.15, 0.2) is 0 Å². The van der Waals surface area contributed by atoms with E-state index in [0.717, 1.165) is 13.2 Å². The van der Waals surface area contributed by atoms with Gasteiger partial charge >= 0.3 is 0 Å². The van der Waals surface area contributed by atoms with Crippen LogP contribution in [0.4, 0.5) is 0 Å². The fraction of sp³-hybridized carbons (Fsp3) is 1.00. The van der Waals surface area contributed by atoms with Crippen LogP contribution in [0.2, 0.25) is 0 Å². The van der Waals surface area contributed by atoms with Gasteiger partial charge in [-0.3, -0.25) is 4.90 Å². The fourth-order valence-electron chi connectivity index (χ4n) is 2.91. The lowest BCUT2D eigenvalue weighted by Gasteiger charge is -2.40. The first-order chi connectivity index (χ1) is 8.56. The minimum atomic E-state index is 0.527. The molecule has 1 aliphatic heterocycles. The summed E-state index contributed by atoms with van der Waals surface area (Å²) in [5.74, 6) is 0.635. The third-order valence-electron chi connectivity index (χ3n) is 4.04. The quantitative estimate of drug-likeness (QED) is 0.757. The molecule has 2 unspecified atom stereocenters. The van der Waals surface area contributed by atoms with E-state index in [-0.39, 0.29) is 0 Å². The van der Waals surface area contributed by atoms with Crippen LogP contribution in [0.25, 0.3) is 0 Å². The summed E-state index contributed by atoms with van der Waals surface area (Å²) in [6.45, 7) is 12.4. The second-order valence-corrected chi connectivity index (χ2v) is 6.20. The van der Waals surface area contributed by atoms with E-state index in [1.807, 2.05) is 7.11 Å². The molecule has 1 heterocycles. The average molecular weight is 256 g/mol. The van der Waals surface area contributed by atoms with Gasteiger partial charge in [0.1, 0.15) is 0 Å². The Morgan fingerprint density at radius 2 is 1.94 bits per heavy atom. The van der Waals surface area contributed by atoms with Gasteiger partial charge in [-0.25, -0.2) is 0 Å². The summed E-state index contributed by atoms with van der Waals surface area (Å²) in [5.41, 5.74) is 0. The molecule has 2 atom stereocenters. The van der Waals surface area contributed by atoms with Crippen LogP contribution in [0.1, 0.15) is 47.0 Å². The molecule has 0 aromatic carbocycles. The van der Waals surface area contributed by atoms with E-state index in [2.05, 4.69) is 37.9 Å². The van der Waals surface area contributed by atoms with Gasteiger partial charge in [0, 0.05) is 31.8 Å². The van der Waals surface area contributed by atoms with E-state index < -0.39 is 0 Å². The molecule has 108 valence electrons. The molecule has 0 bridgehead atoms. The summed E-state index contributed by atoms with van der Waals surface area (Å²) in [6, 6.07) is 1.77. The summed E-state index contributed by atoms with van der Waals surface area (Å²) >= 11 is 0. The zero-order valence-electron chi connectivity index (χ0n) is 12.9. The van der Waals surface area contributed by atoms with Gasteiger partial charge in [-0.1, -0.05) is 20.3 Å². The van der Waals surface area contributed by atoms with Crippen molar-refractivity contribution in [2.45, 2.75) is 65.1 Å². The fourth-order valence-corrected chi connectivity index (χ4v) is 2.91. The van der Waals surface area contributed by atoms with Crippen LogP contribution in [-0.2, 0) is 4.74 Å². The largest absolute Gasteiger partial charge is 0.383 e. The second kappa shape index (κ2) is 8.13. The Morgan fingerprint density at radius 3 is 2.39 bits per heavy atom. The summed E-state index contributed by atoms with van der Waals surface area (Å²) in [6.07, 6.45) is 4.03.